The SMILES string of the molecule is C=O.CC1CC(=O)N(CCN2CC(C(=O)O)CC2=O)C1. The van der Waals surface area contributed by atoms with Crippen LogP contribution < -0.4 is 0 Å². The van der Waals surface area contributed by atoms with Crippen molar-refractivity contribution in [2.45, 2.75) is 19.8 Å². The molecule has 2 unspecified atom stereocenters. The molecule has 1 N–H and O–H groups in total. The highest BCUT2D eigenvalue weighted by Gasteiger charge is 2.35. The van der Waals surface area contributed by atoms with Crippen molar-refractivity contribution in [1.29, 1.82) is 0 Å². The van der Waals surface area contributed by atoms with Crippen molar-refractivity contribution in [3.05, 3.63) is 0 Å². The van der Waals surface area contributed by atoms with E-state index < -0.39 is 11.9 Å². The third-order valence-electron chi connectivity index (χ3n) is 3.61. The normalized spacial score (nSPS) is 25.6. The average Bonchev–Trinajstić information content (AvgIpc) is 2.92. The van der Waals surface area contributed by atoms with Crippen LogP contribution in [-0.2, 0) is 19.2 Å². The van der Waals surface area contributed by atoms with Crippen LogP contribution in [-0.4, -0.2) is 65.7 Å². The fourth-order valence-electron chi connectivity index (χ4n) is 2.58. The van der Waals surface area contributed by atoms with Crippen LogP contribution in [0.2, 0.25) is 0 Å². The molecule has 0 aliphatic carbocycles. The Morgan fingerprint density at radius 3 is 2.05 bits per heavy atom. The summed E-state index contributed by atoms with van der Waals surface area (Å²) in [6.45, 7) is 6.00. The number of carbonyl (C=O) groups is 4. The number of carboxylic acids is 1. The van der Waals surface area contributed by atoms with Gasteiger partial charge in [0.05, 0.1) is 5.92 Å². The van der Waals surface area contributed by atoms with Crippen molar-refractivity contribution in [2.75, 3.05) is 26.2 Å². The smallest absolute Gasteiger partial charge is 0.308 e. The van der Waals surface area contributed by atoms with Crippen molar-refractivity contribution in [3.8, 4) is 0 Å². The number of carboxylic acid groups (broad SMARTS) is 1. The second kappa shape index (κ2) is 7.02. The Kier molecular flexibility index (Phi) is 5.66. The van der Waals surface area contributed by atoms with Crippen LogP contribution in [0.25, 0.3) is 0 Å². The Balaban J connectivity index is 0.000000956. The number of likely N-dealkylation sites (tertiary alicyclic amines) is 2. The molecule has 2 saturated heterocycles. The van der Waals surface area contributed by atoms with E-state index >= 15 is 0 Å². The first-order valence-corrected chi connectivity index (χ1v) is 6.54. The first-order valence-electron chi connectivity index (χ1n) is 6.54. The first kappa shape index (κ1) is 16.1. The lowest BCUT2D eigenvalue weighted by Gasteiger charge is -2.21. The lowest BCUT2D eigenvalue weighted by Crippen LogP contribution is -2.37. The predicted molar refractivity (Wildman–Crippen MR) is 69.8 cm³/mol. The predicted octanol–water partition coefficient (Wildman–Crippen LogP) is -0.397. The number of rotatable bonds is 4. The molecule has 2 fully saturated rings. The highest BCUT2D eigenvalue weighted by molar-refractivity contribution is 5.86. The fourth-order valence-corrected chi connectivity index (χ4v) is 2.58. The zero-order chi connectivity index (χ0) is 15.3. The van der Waals surface area contributed by atoms with Gasteiger partial charge in [-0.2, -0.15) is 0 Å². The topological polar surface area (TPSA) is 95.0 Å². The van der Waals surface area contributed by atoms with E-state index in [9.17, 15) is 14.4 Å². The maximum atomic E-state index is 11.6. The van der Waals surface area contributed by atoms with Crippen molar-refractivity contribution in [3.63, 3.8) is 0 Å². The molecule has 2 atom stereocenters. The standard InChI is InChI=1S/C12H18N2O4.CH2O/c1-8-4-10(15)13(6-8)2-3-14-7-9(12(17)18)5-11(14)16;1-2/h8-9H,2-7H2,1H3,(H,17,18);1H2. The Bertz CT molecular complexity index is 398. The Labute approximate surface area is 117 Å². The third-order valence-corrected chi connectivity index (χ3v) is 3.61. The summed E-state index contributed by atoms with van der Waals surface area (Å²) >= 11 is 0. The molecule has 0 aromatic rings. The molecule has 2 aliphatic rings. The number of nitrogens with zero attached hydrogens (tertiary/aromatic N) is 2. The van der Waals surface area contributed by atoms with E-state index in [1.54, 1.807) is 9.80 Å². The van der Waals surface area contributed by atoms with Gasteiger partial charge in [-0.15, -0.1) is 0 Å². The fraction of sp³-hybridized carbons (Fsp3) is 0.692. The molecule has 2 heterocycles. The monoisotopic (exact) mass is 284 g/mol. The van der Waals surface area contributed by atoms with Gasteiger partial charge in [0.25, 0.3) is 0 Å². The minimum Gasteiger partial charge on any atom is -0.481 e. The Hall–Kier alpha value is -1.92. The summed E-state index contributed by atoms with van der Waals surface area (Å²) < 4.78 is 0. The molecule has 2 amide bonds. The lowest BCUT2D eigenvalue weighted by molar-refractivity contribution is -0.141. The van der Waals surface area contributed by atoms with Crippen molar-refractivity contribution in [2.24, 2.45) is 11.8 Å². The molecular formula is C13H20N2O5. The molecule has 0 saturated carbocycles. The zero-order valence-corrected chi connectivity index (χ0v) is 11.6. The molecule has 7 heteroatoms. The van der Waals surface area contributed by atoms with Gasteiger partial charge in [-0.25, -0.2) is 0 Å². The van der Waals surface area contributed by atoms with Crippen LogP contribution in [0.1, 0.15) is 19.8 Å². The van der Waals surface area contributed by atoms with Crippen LogP contribution in [0.5, 0.6) is 0 Å². The van der Waals surface area contributed by atoms with Crippen LogP contribution in [0.4, 0.5) is 0 Å². The van der Waals surface area contributed by atoms with Crippen molar-refractivity contribution < 1.29 is 24.3 Å². The molecule has 0 spiro atoms. The van der Waals surface area contributed by atoms with Gasteiger partial charge in [-0.05, 0) is 5.92 Å². The molecule has 0 bridgehead atoms. The summed E-state index contributed by atoms with van der Waals surface area (Å²) in [6, 6.07) is 0. The van der Waals surface area contributed by atoms with Gasteiger partial charge < -0.3 is 19.7 Å². The summed E-state index contributed by atoms with van der Waals surface area (Å²) in [5.74, 6) is -1.13. The van der Waals surface area contributed by atoms with Crippen LogP contribution in [0, 0.1) is 11.8 Å². The summed E-state index contributed by atoms with van der Waals surface area (Å²) in [5, 5.41) is 8.86. The van der Waals surface area contributed by atoms with Gasteiger partial charge in [-0.1, -0.05) is 6.92 Å². The highest BCUT2D eigenvalue weighted by atomic mass is 16.4. The lowest BCUT2D eigenvalue weighted by atomic mass is 10.1. The molecule has 20 heavy (non-hydrogen) atoms. The Morgan fingerprint density at radius 1 is 1.15 bits per heavy atom. The minimum absolute atomic E-state index is 0.0830. The largest absolute Gasteiger partial charge is 0.481 e. The van der Waals surface area contributed by atoms with Crippen LogP contribution >= 0.6 is 0 Å². The summed E-state index contributed by atoms with van der Waals surface area (Å²) in [5.41, 5.74) is 0. The number of carbonyl (C=O) groups excluding carboxylic acids is 3. The van der Waals surface area contributed by atoms with E-state index in [0.717, 1.165) is 6.54 Å². The molecule has 0 aromatic carbocycles. The molecule has 0 radical (unpaired) electrons. The second-order valence-corrected chi connectivity index (χ2v) is 5.23. The van der Waals surface area contributed by atoms with Gasteiger partial charge in [0.15, 0.2) is 0 Å². The summed E-state index contributed by atoms with van der Waals surface area (Å²) in [7, 11) is 0. The maximum Gasteiger partial charge on any atom is 0.308 e. The van der Waals surface area contributed by atoms with E-state index in [-0.39, 0.29) is 24.8 Å². The highest BCUT2D eigenvalue weighted by Crippen LogP contribution is 2.19. The molecule has 7 nitrogen and oxygen atoms in total. The number of hydrogen-bond donors (Lipinski definition) is 1. The number of amides is 2. The molecule has 0 aromatic heterocycles. The number of hydrogen-bond acceptors (Lipinski definition) is 4. The van der Waals surface area contributed by atoms with Gasteiger partial charge in [0.2, 0.25) is 11.8 Å². The summed E-state index contributed by atoms with van der Waals surface area (Å²) in [4.78, 5) is 45.3. The van der Waals surface area contributed by atoms with Gasteiger partial charge in [-0.3, -0.25) is 14.4 Å². The quantitative estimate of drug-likeness (QED) is 0.758. The van der Waals surface area contributed by atoms with E-state index in [0.29, 0.717) is 25.4 Å². The Morgan fingerprint density at radius 2 is 1.65 bits per heavy atom. The van der Waals surface area contributed by atoms with Crippen molar-refractivity contribution >= 4 is 24.6 Å². The van der Waals surface area contributed by atoms with Crippen LogP contribution in [0.15, 0.2) is 0 Å². The van der Waals surface area contributed by atoms with Crippen molar-refractivity contribution in [1.82, 2.24) is 9.80 Å². The summed E-state index contributed by atoms with van der Waals surface area (Å²) in [6.07, 6.45) is 0.658. The minimum atomic E-state index is -0.920. The molecule has 112 valence electrons. The van der Waals surface area contributed by atoms with E-state index in [2.05, 4.69) is 0 Å². The van der Waals surface area contributed by atoms with Gasteiger partial charge >= 0.3 is 5.97 Å². The van der Waals surface area contributed by atoms with Gasteiger partial charge in [0, 0.05) is 39.0 Å². The molecule has 2 aliphatic heterocycles. The maximum absolute atomic E-state index is 11.6. The molecular weight excluding hydrogens is 264 g/mol. The van der Waals surface area contributed by atoms with Gasteiger partial charge in [0.1, 0.15) is 6.79 Å². The van der Waals surface area contributed by atoms with E-state index in [1.807, 2.05) is 13.7 Å². The zero-order valence-electron chi connectivity index (χ0n) is 11.6. The van der Waals surface area contributed by atoms with E-state index in [1.165, 1.54) is 0 Å². The molecule has 2 rings (SSSR count). The average molecular weight is 284 g/mol. The third kappa shape index (κ3) is 3.79. The second-order valence-electron chi connectivity index (χ2n) is 5.23. The van der Waals surface area contributed by atoms with Crippen LogP contribution in [0.3, 0.4) is 0 Å². The first-order chi connectivity index (χ1) is 9.47. The number of aliphatic carboxylic acids is 1. The van der Waals surface area contributed by atoms with E-state index in [4.69, 9.17) is 9.90 Å².